The fourth-order valence-electron chi connectivity index (χ4n) is 0.531. The standard InChI is InChI=1S/C7H8N2O2/c1-2-7(10)11-6-4-3-5-8-9-6/h3-5H,2H2,1H3. The van der Waals surface area contributed by atoms with Crippen LogP contribution in [0.4, 0.5) is 0 Å². The van der Waals surface area contributed by atoms with Gasteiger partial charge in [-0.15, -0.1) is 5.10 Å². The van der Waals surface area contributed by atoms with E-state index in [1.54, 1.807) is 19.1 Å². The van der Waals surface area contributed by atoms with E-state index < -0.39 is 0 Å². The summed E-state index contributed by atoms with van der Waals surface area (Å²) in [5.41, 5.74) is 0. The van der Waals surface area contributed by atoms with Crippen molar-refractivity contribution < 1.29 is 9.53 Å². The third kappa shape index (κ3) is 2.33. The second-order valence-electron chi connectivity index (χ2n) is 1.89. The first kappa shape index (κ1) is 7.65. The molecule has 0 spiro atoms. The summed E-state index contributed by atoms with van der Waals surface area (Å²) >= 11 is 0. The summed E-state index contributed by atoms with van der Waals surface area (Å²) in [5, 5.41) is 7.12. The molecule has 4 nitrogen and oxygen atoms in total. The van der Waals surface area contributed by atoms with Gasteiger partial charge in [0, 0.05) is 18.7 Å². The average molecular weight is 152 g/mol. The van der Waals surface area contributed by atoms with Crippen LogP contribution in [0.3, 0.4) is 0 Å². The van der Waals surface area contributed by atoms with Crippen LogP contribution in [-0.2, 0) is 4.79 Å². The van der Waals surface area contributed by atoms with Crippen molar-refractivity contribution in [1.29, 1.82) is 0 Å². The zero-order chi connectivity index (χ0) is 8.10. The molecule has 0 radical (unpaired) electrons. The molecule has 0 aliphatic carbocycles. The van der Waals surface area contributed by atoms with Crippen LogP contribution < -0.4 is 4.74 Å². The molecule has 0 unspecified atom stereocenters. The lowest BCUT2D eigenvalue weighted by molar-refractivity contribution is -0.134. The summed E-state index contributed by atoms with van der Waals surface area (Å²) in [5.74, 6) is -0.0511. The van der Waals surface area contributed by atoms with Gasteiger partial charge in [-0.1, -0.05) is 6.92 Å². The highest BCUT2D eigenvalue weighted by Crippen LogP contribution is 2.01. The summed E-state index contributed by atoms with van der Waals surface area (Å²) in [6, 6.07) is 3.24. The summed E-state index contributed by atoms with van der Waals surface area (Å²) in [6.45, 7) is 1.72. The Morgan fingerprint density at radius 1 is 1.73 bits per heavy atom. The fourth-order valence-corrected chi connectivity index (χ4v) is 0.531. The first-order valence-electron chi connectivity index (χ1n) is 3.31. The quantitative estimate of drug-likeness (QED) is 0.588. The molecule has 0 aliphatic heterocycles. The Balaban J connectivity index is 2.58. The van der Waals surface area contributed by atoms with Crippen LogP contribution in [0.25, 0.3) is 0 Å². The summed E-state index contributed by atoms with van der Waals surface area (Å²) < 4.78 is 4.75. The Hall–Kier alpha value is -1.45. The highest BCUT2D eigenvalue weighted by atomic mass is 16.5. The normalized spacial score (nSPS) is 9.18. The SMILES string of the molecule is CCC(=O)Oc1cccnn1. The largest absolute Gasteiger partial charge is 0.406 e. The van der Waals surface area contributed by atoms with E-state index in [1.807, 2.05) is 0 Å². The topological polar surface area (TPSA) is 52.1 Å². The molecule has 0 amide bonds. The zero-order valence-corrected chi connectivity index (χ0v) is 6.15. The number of hydrogen-bond donors (Lipinski definition) is 0. The Labute approximate surface area is 64.2 Å². The lowest BCUT2D eigenvalue weighted by atomic mass is 10.5. The number of carbonyl (C=O) groups excluding carboxylic acids is 1. The molecule has 11 heavy (non-hydrogen) atoms. The molecule has 1 heterocycles. The van der Waals surface area contributed by atoms with E-state index in [-0.39, 0.29) is 11.8 Å². The van der Waals surface area contributed by atoms with E-state index in [1.165, 1.54) is 6.20 Å². The molecule has 0 aliphatic rings. The van der Waals surface area contributed by atoms with Crippen molar-refractivity contribution in [2.24, 2.45) is 0 Å². The maximum absolute atomic E-state index is 10.7. The predicted octanol–water partition coefficient (Wildman–Crippen LogP) is 0.792. The first-order chi connectivity index (χ1) is 5.33. The number of nitrogens with zero attached hydrogens (tertiary/aromatic N) is 2. The highest BCUT2D eigenvalue weighted by Gasteiger charge is 2.00. The average Bonchev–Trinajstić information content (AvgIpc) is 2.06. The van der Waals surface area contributed by atoms with E-state index in [0.29, 0.717) is 6.42 Å². The van der Waals surface area contributed by atoms with Gasteiger partial charge in [0.2, 0.25) is 5.88 Å². The third-order valence-electron chi connectivity index (χ3n) is 1.05. The van der Waals surface area contributed by atoms with Gasteiger partial charge in [0.05, 0.1) is 0 Å². The minimum Gasteiger partial charge on any atom is -0.406 e. The van der Waals surface area contributed by atoms with E-state index in [4.69, 9.17) is 4.74 Å². The van der Waals surface area contributed by atoms with Crippen molar-refractivity contribution in [1.82, 2.24) is 10.2 Å². The second-order valence-corrected chi connectivity index (χ2v) is 1.89. The van der Waals surface area contributed by atoms with Crippen LogP contribution in [0.15, 0.2) is 18.3 Å². The molecule has 0 N–H and O–H groups in total. The Morgan fingerprint density at radius 2 is 2.55 bits per heavy atom. The molecular weight excluding hydrogens is 144 g/mol. The van der Waals surface area contributed by atoms with Crippen LogP contribution in [0.1, 0.15) is 13.3 Å². The maximum atomic E-state index is 10.7. The summed E-state index contributed by atoms with van der Waals surface area (Å²) in [7, 11) is 0. The Morgan fingerprint density at radius 3 is 3.09 bits per heavy atom. The van der Waals surface area contributed by atoms with Gasteiger partial charge in [0.25, 0.3) is 0 Å². The molecule has 0 atom stereocenters. The molecule has 4 heteroatoms. The van der Waals surface area contributed by atoms with Crippen LogP contribution in [-0.4, -0.2) is 16.2 Å². The molecule has 0 fully saturated rings. The Bertz CT molecular complexity index is 235. The molecule has 0 bridgehead atoms. The van der Waals surface area contributed by atoms with Gasteiger partial charge >= 0.3 is 5.97 Å². The molecular formula is C7H8N2O2. The molecule has 1 aromatic heterocycles. The van der Waals surface area contributed by atoms with Crippen LogP contribution in [0, 0.1) is 0 Å². The van der Waals surface area contributed by atoms with Gasteiger partial charge in [-0.05, 0) is 6.07 Å². The smallest absolute Gasteiger partial charge is 0.312 e. The number of ether oxygens (including phenoxy) is 1. The van der Waals surface area contributed by atoms with Crippen LogP contribution in [0.5, 0.6) is 5.88 Å². The minimum atomic E-state index is -0.300. The summed E-state index contributed by atoms with van der Waals surface area (Å²) in [6.07, 6.45) is 1.86. The monoisotopic (exact) mass is 152 g/mol. The number of hydrogen-bond acceptors (Lipinski definition) is 4. The van der Waals surface area contributed by atoms with Gasteiger partial charge in [-0.25, -0.2) is 0 Å². The molecule has 0 saturated carbocycles. The van der Waals surface area contributed by atoms with Crippen molar-refractivity contribution in [3.05, 3.63) is 18.3 Å². The highest BCUT2D eigenvalue weighted by molar-refractivity contribution is 5.71. The number of rotatable bonds is 2. The van der Waals surface area contributed by atoms with Crippen LogP contribution >= 0.6 is 0 Å². The molecule has 0 saturated heterocycles. The minimum absolute atomic E-state index is 0.249. The van der Waals surface area contributed by atoms with Crippen molar-refractivity contribution in [3.63, 3.8) is 0 Å². The van der Waals surface area contributed by atoms with Crippen molar-refractivity contribution >= 4 is 5.97 Å². The van der Waals surface area contributed by atoms with Crippen molar-refractivity contribution in [2.75, 3.05) is 0 Å². The fraction of sp³-hybridized carbons (Fsp3) is 0.286. The molecule has 1 rings (SSSR count). The van der Waals surface area contributed by atoms with E-state index in [9.17, 15) is 4.79 Å². The van der Waals surface area contributed by atoms with Gasteiger partial charge in [0.1, 0.15) is 0 Å². The van der Waals surface area contributed by atoms with Crippen molar-refractivity contribution in [3.8, 4) is 5.88 Å². The third-order valence-corrected chi connectivity index (χ3v) is 1.05. The Kier molecular flexibility index (Phi) is 2.54. The second kappa shape index (κ2) is 3.65. The maximum Gasteiger partial charge on any atom is 0.312 e. The molecule has 0 aromatic carbocycles. The van der Waals surface area contributed by atoms with Gasteiger partial charge in [-0.2, -0.15) is 5.10 Å². The number of carbonyl (C=O) groups is 1. The number of aromatic nitrogens is 2. The van der Waals surface area contributed by atoms with Gasteiger partial charge in [0.15, 0.2) is 0 Å². The lowest BCUT2D eigenvalue weighted by Gasteiger charge is -1.97. The number of esters is 1. The van der Waals surface area contributed by atoms with E-state index >= 15 is 0 Å². The van der Waals surface area contributed by atoms with E-state index in [0.717, 1.165) is 0 Å². The van der Waals surface area contributed by atoms with E-state index in [2.05, 4.69) is 10.2 Å². The summed E-state index contributed by atoms with van der Waals surface area (Å²) in [4.78, 5) is 10.7. The molecule has 1 aromatic rings. The van der Waals surface area contributed by atoms with Crippen LogP contribution in [0.2, 0.25) is 0 Å². The predicted molar refractivity (Wildman–Crippen MR) is 38.0 cm³/mol. The van der Waals surface area contributed by atoms with Gasteiger partial charge in [-0.3, -0.25) is 4.79 Å². The molecule has 58 valence electrons. The zero-order valence-electron chi connectivity index (χ0n) is 6.15. The first-order valence-corrected chi connectivity index (χ1v) is 3.31. The van der Waals surface area contributed by atoms with Crippen molar-refractivity contribution in [2.45, 2.75) is 13.3 Å². The lowest BCUT2D eigenvalue weighted by Crippen LogP contribution is -2.06. The van der Waals surface area contributed by atoms with Gasteiger partial charge < -0.3 is 4.74 Å².